The van der Waals surface area contributed by atoms with Crippen molar-refractivity contribution in [1.29, 1.82) is 0 Å². The van der Waals surface area contributed by atoms with Gasteiger partial charge in [-0.3, -0.25) is 10.1 Å². The molecule has 0 atom stereocenters. The lowest BCUT2D eigenvalue weighted by Gasteiger charge is -2.20. The van der Waals surface area contributed by atoms with Crippen LogP contribution in [-0.2, 0) is 9.53 Å². The fourth-order valence-corrected chi connectivity index (χ4v) is 1.57. The molecule has 0 spiro atoms. The molecule has 1 aromatic carbocycles. The number of ether oxygens (including phenoxy) is 2. The third-order valence-electron chi connectivity index (χ3n) is 2.37. The quantitative estimate of drug-likeness (QED) is 0.860. The lowest BCUT2D eigenvalue weighted by molar-refractivity contribution is -0.112. The summed E-state index contributed by atoms with van der Waals surface area (Å²) in [6, 6.07) is 5.13. The highest BCUT2D eigenvalue weighted by Crippen LogP contribution is 2.24. The second-order valence-corrected chi connectivity index (χ2v) is 5.53. The molecule has 0 aliphatic heterocycles. The van der Waals surface area contributed by atoms with E-state index in [0.717, 1.165) is 0 Å². The number of nitrogens with one attached hydrogen (secondary N) is 1. The van der Waals surface area contributed by atoms with E-state index in [4.69, 9.17) is 9.47 Å². The van der Waals surface area contributed by atoms with E-state index in [9.17, 15) is 9.59 Å². The van der Waals surface area contributed by atoms with Crippen LogP contribution in [0.25, 0.3) is 6.08 Å². The zero-order chi connectivity index (χ0) is 16.0. The summed E-state index contributed by atoms with van der Waals surface area (Å²) in [6.45, 7) is 6.84. The second kappa shape index (κ2) is 6.92. The van der Waals surface area contributed by atoms with Crippen LogP contribution in [0, 0.1) is 0 Å². The Labute approximate surface area is 124 Å². The Morgan fingerprint density at radius 2 is 1.90 bits per heavy atom. The normalized spacial score (nSPS) is 11.3. The third kappa shape index (κ3) is 6.12. The van der Waals surface area contributed by atoms with Gasteiger partial charge in [0.05, 0.1) is 7.11 Å². The molecule has 1 rings (SSSR count). The molecule has 5 nitrogen and oxygen atoms in total. The van der Waals surface area contributed by atoms with Crippen molar-refractivity contribution in [1.82, 2.24) is 0 Å². The van der Waals surface area contributed by atoms with Gasteiger partial charge in [0.25, 0.3) is 0 Å². The maximum Gasteiger partial charge on any atom is 0.412 e. The van der Waals surface area contributed by atoms with Crippen molar-refractivity contribution in [2.75, 3.05) is 12.4 Å². The Kier molecular flexibility index (Phi) is 5.52. The monoisotopic (exact) mass is 291 g/mol. The predicted octanol–water partition coefficient (Wildman–Crippen LogP) is 3.64. The fraction of sp³-hybridized carbons (Fsp3) is 0.375. The van der Waals surface area contributed by atoms with Crippen molar-refractivity contribution in [3.05, 3.63) is 29.8 Å². The summed E-state index contributed by atoms with van der Waals surface area (Å²) in [7, 11) is 1.54. The molecule has 21 heavy (non-hydrogen) atoms. The molecule has 1 aromatic rings. The van der Waals surface area contributed by atoms with E-state index in [2.05, 4.69) is 5.32 Å². The van der Waals surface area contributed by atoms with E-state index in [-0.39, 0.29) is 5.78 Å². The van der Waals surface area contributed by atoms with Crippen LogP contribution in [0.2, 0.25) is 0 Å². The second-order valence-electron chi connectivity index (χ2n) is 5.53. The van der Waals surface area contributed by atoms with Crippen LogP contribution in [-0.4, -0.2) is 24.6 Å². The zero-order valence-electron chi connectivity index (χ0n) is 13.0. The Balaban J connectivity index is 2.92. The molecule has 1 amide bonds. The van der Waals surface area contributed by atoms with Crippen molar-refractivity contribution in [2.45, 2.75) is 33.3 Å². The number of hydrogen-bond donors (Lipinski definition) is 1. The smallest absolute Gasteiger partial charge is 0.412 e. The number of anilines is 1. The van der Waals surface area contributed by atoms with E-state index in [1.54, 1.807) is 52.2 Å². The Hall–Kier alpha value is -2.30. The van der Waals surface area contributed by atoms with Crippen LogP contribution in [0.3, 0.4) is 0 Å². The minimum Gasteiger partial charge on any atom is -0.496 e. The lowest BCUT2D eigenvalue weighted by Crippen LogP contribution is -2.27. The molecule has 0 heterocycles. The molecule has 0 aromatic heterocycles. The average Bonchev–Trinajstić information content (AvgIpc) is 2.34. The van der Waals surface area contributed by atoms with E-state index >= 15 is 0 Å². The lowest BCUT2D eigenvalue weighted by atomic mass is 10.1. The summed E-state index contributed by atoms with van der Waals surface area (Å²) in [5.41, 5.74) is 0.697. The summed E-state index contributed by atoms with van der Waals surface area (Å²) in [5, 5.41) is 2.64. The van der Waals surface area contributed by atoms with Gasteiger partial charge in [-0.15, -0.1) is 0 Å². The minimum atomic E-state index is -0.562. The maximum absolute atomic E-state index is 11.7. The number of amides is 1. The van der Waals surface area contributed by atoms with Gasteiger partial charge in [-0.25, -0.2) is 4.79 Å². The molecule has 1 N–H and O–H groups in total. The van der Waals surface area contributed by atoms with Gasteiger partial charge in [-0.1, -0.05) is 0 Å². The summed E-state index contributed by atoms with van der Waals surface area (Å²) >= 11 is 0. The highest BCUT2D eigenvalue weighted by atomic mass is 16.6. The number of allylic oxidation sites excluding steroid dienone is 1. The molecule has 114 valence electrons. The molecule has 0 fully saturated rings. The van der Waals surface area contributed by atoms with Crippen LogP contribution in [0.15, 0.2) is 24.3 Å². The van der Waals surface area contributed by atoms with E-state index < -0.39 is 11.7 Å². The highest BCUT2D eigenvalue weighted by molar-refractivity contribution is 5.92. The number of rotatable bonds is 4. The van der Waals surface area contributed by atoms with Gasteiger partial charge in [0.2, 0.25) is 0 Å². The average molecular weight is 291 g/mol. The summed E-state index contributed by atoms with van der Waals surface area (Å²) in [4.78, 5) is 22.7. The molecule has 0 saturated carbocycles. The van der Waals surface area contributed by atoms with Gasteiger partial charge in [-0.2, -0.15) is 0 Å². The first-order chi connectivity index (χ1) is 9.71. The van der Waals surface area contributed by atoms with Gasteiger partial charge >= 0.3 is 6.09 Å². The summed E-state index contributed by atoms with van der Waals surface area (Å²) < 4.78 is 10.4. The third-order valence-corrected chi connectivity index (χ3v) is 2.37. The number of hydrogen-bond acceptors (Lipinski definition) is 4. The van der Waals surface area contributed by atoms with Gasteiger partial charge in [-0.05, 0) is 58.0 Å². The van der Waals surface area contributed by atoms with Crippen molar-refractivity contribution in [3.63, 3.8) is 0 Å². The molecule has 5 heteroatoms. The first kappa shape index (κ1) is 16.8. The van der Waals surface area contributed by atoms with Crippen LogP contribution in [0.1, 0.15) is 33.3 Å². The Morgan fingerprint density at radius 1 is 1.24 bits per heavy atom. The Bertz CT molecular complexity index is 556. The topological polar surface area (TPSA) is 64.6 Å². The van der Waals surface area contributed by atoms with E-state index in [1.165, 1.54) is 13.0 Å². The van der Waals surface area contributed by atoms with Crippen LogP contribution < -0.4 is 10.1 Å². The number of carbonyl (C=O) groups is 2. The molecule has 0 radical (unpaired) electrons. The van der Waals surface area contributed by atoms with Gasteiger partial charge in [0.15, 0.2) is 5.78 Å². The maximum atomic E-state index is 11.7. The number of carbonyl (C=O) groups excluding carboxylic acids is 2. The zero-order valence-corrected chi connectivity index (χ0v) is 13.0. The standard InChI is InChI=1S/C16H21NO4/c1-11(18)6-7-12-10-13(8-9-14(12)20-5)17-15(19)21-16(2,3)4/h6-10H,1-5H3,(H,17,19)/b7-6+. The summed E-state index contributed by atoms with van der Waals surface area (Å²) in [6.07, 6.45) is 2.55. The van der Waals surface area contributed by atoms with Crippen LogP contribution in [0.5, 0.6) is 5.75 Å². The van der Waals surface area contributed by atoms with Gasteiger partial charge in [0.1, 0.15) is 11.4 Å². The number of benzene rings is 1. The van der Waals surface area contributed by atoms with Crippen molar-refractivity contribution < 1.29 is 19.1 Å². The highest BCUT2D eigenvalue weighted by Gasteiger charge is 2.16. The molecular weight excluding hydrogens is 270 g/mol. The Morgan fingerprint density at radius 3 is 2.43 bits per heavy atom. The molecule has 0 aliphatic carbocycles. The molecule has 0 aliphatic rings. The van der Waals surface area contributed by atoms with Crippen LogP contribution >= 0.6 is 0 Å². The number of ketones is 1. The fourth-order valence-electron chi connectivity index (χ4n) is 1.57. The molecular formula is C16H21NO4. The van der Waals surface area contributed by atoms with Crippen molar-refractivity contribution in [2.24, 2.45) is 0 Å². The SMILES string of the molecule is COc1ccc(NC(=O)OC(C)(C)C)cc1/C=C/C(C)=O. The molecule has 0 unspecified atom stereocenters. The largest absolute Gasteiger partial charge is 0.496 e. The first-order valence-corrected chi connectivity index (χ1v) is 6.58. The molecule has 0 saturated heterocycles. The van der Waals surface area contributed by atoms with Gasteiger partial charge in [0, 0.05) is 11.3 Å². The van der Waals surface area contributed by atoms with E-state index in [1.807, 2.05) is 0 Å². The van der Waals surface area contributed by atoms with Crippen LogP contribution in [0.4, 0.5) is 10.5 Å². The van der Waals surface area contributed by atoms with E-state index in [0.29, 0.717) is 17.0 Å². The summed E-state index contributed by atoms with van der Waals surface area (Å²) in [5.74, 6) is 0.546. The number of methoxy groups -OCH3 is 1. The first-order valence-electron chi connectivity index (χ1n) is 6.58. The van der Waals surface area contributed by atoms with Crippen molar-refractivity contribution >= 4 is 23.6 Å². The predicted molar refractivity (Wildman–Crippen MR) is 82.6 cm³/mol. The molecule has 0 bridgehead atoms. The minimum absolute atomic E-state index is 0.0671. The van der Waals surface area contributed by atoms with Crippen molar-refractivity contribution in [3.8, 4) is 5.75 Å². The van der Waals surface area contributed by atoms with Gasteiger partial charge < -0.3 is 9.47 Å².